The third kappa shape index (κ3) is 3.91. The molecule has 1 aromatic heterocycles. The quantitative estimate of drug-likeness (QED) is 0.494. The van der Waals surface area contributed by atoms with Crippen LogP contribution in [0.5, 0.6) is 0 Å². The smallest absolute Gasteiger partial charge is 0.293 e. The van der Waals surface area contributed by atoms with Gasteiger partial charge in [-0.05, 0) is 48.0 Å². The number of carbonyl (C=O) groups is 2. The molecule has 0 bridgehead atoms. The second-order valence-corrected chi connectivity index (χ2v) is 7.65. The summed E-state index contributed by atoms with van der Waals surface area (Å²) in [5, 5.41) is 0.328. The molecule has 140 valence electrons. The molecule has 0 spiro atoms. The van der Waals surface area contributed by atoms with Crippen LogP contribution in [-0.4, -0.2) is 22.6 Å². The minimum atomic E-state index is -0.290. The summed E-state index contributed by atoms with van der Waals surface area (Å²) in [5.41, 5.74) is 1.86. The molecule has 1 fully saturated rings. The first-order valence-electron chi connectivity index (χ1n) is 8.76. The lowest BCUT2D eigenvalue weighted by atomic mass is 10.1. The van der Waals surface area contributed by atoms with Gasteiger partial charge in [0.25, 0.3) is 11.1 Å². The van der Waals surface area contributed by atoms with E-state index in [4.69, 9.17) is 16.0 Å². The van der Waals surface area contributed by atoms with Crippen molar-refractivity contribution in [2.45, 2.75) is 6.42 Å². The number of thioether (sulfide) groups is 1. The Bertz CT molecular complexity index is 1060. The molecule has 0 aliphatic carbocycles. The number of imide groups is 1. The van der Waals surface area contributed by atoms with E-state index in [1.807, 2.05) is 48.5 Å². The largest absolute Gasteiger partial charge is 0.457 e. The van der Waals surface area contributed by atoms with E-state index in [1.165, 1.54) is 4.90 Å². The molecular weight excluding hydrogens is 394 g/mol. The lowest BCUT2D eigenvalue weighted by Gasteiger charge is -2.11. The molecule has 2 amide bonds. The summed E-state index contributed by atoms with van der Waals surface area (Å²) < 4.78 is 5.80. The Hall–Kier alpha value is -2.76. The molecule has 4 nitrogen and oxygen atoms in total. The van der Waals surface area contributed by atoms with Crippen molar-refractivity contribution in [2.75, 3.05) is 6.54 Å². The molecule has 2 heterocycles. The first-order valence-corrected chi connectivity index (χ1v) is 9.95. The molecule has 0 saturated carbocycles. The van der Waals surface area contributed by atoms with Crippen molar-refractivity contribution < 1.29 is 14.0 Å². The Balaban J connectivity index is 1.49. The second kappa shape index (κ2) is 8.09. The molecule has 0 unspecified atom stereocenters. The van der Waals surface area contributed by atoms with Crippen LogP contribution in [0.25, 0.3) is 17.4 Å². The first-order chi connectivity index (χ1) is 13.6. The predicted molar refractivity (Wildman–Crippen MR) is 112 cm³/mol. The molecule has 0 atom stereocenters. The summed E-state index contributed by atoms with van der Waals surface area (Å²) in [6.45, 7) is 0.356. The van der Waals surface area contributed by atoms with Gasteiger partial charge >= 0.3 is 0 Å². The number of nitrogens with zero attached hydrogens (tertiary/aromatic N) is 1. The summed E-state index contributed by atoms with van der Waals surface area (Å²) in [6, 6.07) is 20.7. The van der Waals surface area contributed by atoms with Crippen molar-refractivity contribution in [3.05, 3.63) is 88.0 Å². The Morgan fingerprint density at radius 3 is 2.50 bits per heavy atom. The highest BCUT2D eigenvalue weighted by Gasteiger charge is 2.34. The van der Waals surface area contributed by atoms with Crippen LogP contribution in [0.3, 0.4) is 0 Å². The average Bonchev–Trinajstić information content (AvgIpc) is 3.26. The fourth-order valence-corrected chi connectivity index (χ4v) is 4.02. The highest BCUT2D eigenvalue weighted by molar-refractivity contribution is 8.18. The molecular formula is C22H16ClNO3S. The van der Waals surface area contributed by atoms with Crippen LogP contribution in [0.1, 0.15) is 11.3 Å². The van der Waals surface area contributed by atoms with Gasteiger partial charge in [0.1, 0.15) is 11.5 Å². The van der Waals surface area contributed by atoms with Crippen LogP contribution < -0.4 is 0 Å². The van der Waals surface area contributed by atoms with Gasteiger partial charge in [0, 0.05) is 18.2 Å². The maximum atomic E-state index is 12.6. The zero-order valence-corrected chi connectivity index (χ0v) is 16.4. The monoisotopic (exact) mass is 409 g/mol. The fraction of sp³-hybridized carbons (Fsp3) is 0.0909. The van der Waals surface area contributed by atoms with Gasteiger partial charge in [0.05, 0.1) is 9.93 Å². The normalized spacial score (nSPS) is 15.6. The Kier molecular flexibility index (Phi) is 5.37. The molecule has 0 radical (unpaired) electrons. The minimum Gasteiger partial charge on any atom is -0.457 e. The molecule has 2 aromatic carbocycles. The van der Waals surface area contributed by atoms with Gasteiger partial charge in [-0.2, -0.15) is 0 Å². The molecule has 1 aliphatic heterocycles. The van der Waals surface area contributed by atoms with Crippen molar-refractivity contribution in [1.82, 2.24) is 4.90 Å². The minimum absolute atomic E-state index is 0.259. The average molecular weight is 410 g/mol. The predicted octanol–water partition coefficient (Wildman–Crippen LogP) is 5.88. The van der Waals surface area contributed by atoms with Crippen LogP contribution in [0.2, 0.25) is 5.02 Å². The fourth-order valence-electron chi connectivity index (χ4n) is 2.94. The van der Waals surface area contributed by atoms with Gasteiger partial charge in [0.15, 0.2) is 0 Å². The number of amides is 2. The van der Waals surface area contributed by atoms with Gasteiger partial charge in [-0.3, -0.25) is 14.5 Å². The van der Waals surface area contributed by atoms with Crippen LogP contribution in [-0.2, 0) is 11.2 Å². The third-order valence-electron chi connectivity index (χ3n) is 4.38. The van der Waals surface area contributed by atoms with E-state index in [9.17, 15) is 9.59 Å². The van der Waals surface area contributed by atoms with Gasteiger partial charge in [0.2, 0.25) is 0 Å². The molecule has 28 heavy (non-hydrogen) atoms. The number of rotatable bonds is 5. The lowest BCUT2D eigenvalue weighted by Crippen LogP contribution is -2.30. The van der Waals surface area contributed by atoms with E-state index < -0.39 is 0 Å². The summed E-state index contributed by atoms with van der Waals surface area (Å²) in [7, 11) is 0. The van der Waals surface area contributed by atoms with Gasteiger partial charge in [-0.25, -0.2) is 0 Å². The number of halogens is 1. The van der Waals surface area contributed by atoms with Crippen molar-refractivity contribution in [3.8, 4) is 11.3 Å². The van der Waals surface area contributed by atoms with E-state index >= 15 is 0 Å². The highest BCUT2D eigenvalue weighted by Crippen LogP contribution is 2.34. The molecule has 1 aliphatic rings. The summed E-state index contributed by atoms with van der Waals surface area (Å²) in [6.07, 6.45) is 2.23. The lowest BCUT2D eigenvalue weighted by molar-refractivity contribution is -0.122. The molecule has 1 saturated heterocycles. The van der Waals surface area contributed by atoms with Gasteiger partial charge in [-0.1, -0.05) is 54.1 Å². The topological polar surface area (TPSA) is 50.5 Å². The third-order valence-corrected chi connectivity index (χ3v) is 5.62. The highest BCUT2D eigenvalue weighted by atomic mass is 35.5. The SMILES string of the molecule is O=C1S/C(=C\c2ccc(-c3ccccc3Cl)o2)C(=O)N1CCc1ccccc1. The maximum Gasteiger partial charge on any atom is 0.293 e. The number of carbonyl (C=O) groups excluding carboxylic acids is 2. The number of benzene rings is 2. The van der Waals surface area contributed by atoms with Crippen LogP contribution in [0, 0.1) is 0 Å². The summed E-state index contributed by atoms with van der Waals surface area (Å²) in [5.74, 6) is 0.824. The Morgan fingerprint density at radius 2 is 1.71 bits per heavy atom. The Morgan fingerprint density at radius 1 is 0.964 bits per heavy atom. The molecule has 3 aromatic rings. The number of hydrogen-bond donors (Lipinski definition) is 0. The van der Waals surface area contributed by atoms with Gasteiger partial charge in [-0.15, -0.1) is 0 Å². The van der Waals surface area contributed by atoms with Crippen molar-refractivity contribution in [1.29, 1.82) is 0 Å². The second-order valence-electron chi connectivity index (χ2n) is 6.25. The van der Waals surface area contributed by atoms with E-state index in [1.54, 1.807) is 24.3 Å². The number of hydrogen-bond acceptors (Lipinski definition) is 4. The zero-order valence-electron chi connectivity index (χ0n) is 14.8. The number of furan rings is 1. The van der Waals surface area contributed by atoms with E-state index in [0.29, 0.717) is 34.4 Å². The van der Waals surface area contributed by atoms with Crippen LogP contribution >= 0.6 is 23.4 Å². The maximum absolute atomic E-state index is 12.6. The van der Waals surface area contributed by atoms with E-state index in [0.717, 1.165) is 22.9 Å². The van der Waals surface area contributed by atoms with E-state index in [2.05, 4.69) is 0 Å². The van der Waals surface area contributed by atoms with Crippen molar-refractivity contribution >= 4 is 40.6 Å². The van der Waals surface area contributed by atoms with Crippen LogP contribution in [0.15, 0.2) is 76.1 Å². The first kappa shape index (κ1) is 18.6. The molecule has 4 rings (SSSR count). The van der Waals surface area contributed by atoms with Crippen LogP contribution in [0.4, 0.5) is 4.79 Å². The standard InChI is InChI=1S/C22H16ClNO3S/c23-18-9-5-4-8-17(18)19-11-10-16(27-19)14-20-21(25)24(22(26)28-20)13-12-15-6-2-1-3-7-15/h1-11,14H,12-13H2/b20-14-. The van der Waals surface area contributed by atoms with Crippen molar-refractivity contribution in [2.24, 2.45) is 0 Å². The Labute approximate surface area is 171 Å². The van der Waals surface area contributed by atoms with Crippen molar-refractivity contribution in [3.63, 3.8) is 0 Å². The molecule has 0 N–H and O–H groups in total. The zero-order chi connectivity index (χ0) is 19.5. The molecule has 6 heteroatoms. The summed E-state index contributed by atoms with van der Waals surface area (Å²) >= 11 is 7.13. The summed E-state index contributed by atoms with van der Waals surface area (Å²) in [4.78, 5) is 26.5. The van der Waals surface area contributed by atoms with E-state index in [-0.39, 0.29) is 11.1 Å². The van der Waals surface area contributed by atoms with Gasteiger partial charge < -0.3 is 4.42 Å².